The molecule has 2 aromatic heterocycles. The van der Waals surface area contributed by atoms with Crippen LogP contribution in [0.15, 0.2) is 12.7 Å². The fourth-order valence-electron chi connectivity index (χ4n) is 1.67. The molecule has 2 aromatic rings. The Morgan fingerprint density at radius 3 is 2.59 bits per heavy atom. The molecule has 0 radical (unpaired) electrons. The fourth-order valence-corrected chi connectivity index (χ4v) is 1.67. The van der Waals surface area contributed by atoms with Gasteiger partial charge in [0.05, 0.1) is 6.54 Å². The standard InChI is InChI=1S/C10H17N7/c1-8(2)17-10(13-7-15-17)5-16-9(4-11-3)12-6-14-16/h6-8,11H,4-5H2,1-3H3. The van der Waals surface area contributed by atoms with E-state index in [4.69, 9.17) is 0 Å². The quantitative estimate of drug-likeness (QED) is 0.802. The predicted molar refractivity (Wildman–Crippen MR) is 62.3 cm³/mol. The molecule has 0 bridgehead atoms. The van der Waals surface area contributed by atoms with E-state index in [-0.39, 0.29) is 0 Å². The van der Waals surface area contributed by atoms with Crippen LogP contribution in [-0.2, 0) is 13.1 Å². The molecule has 0 unspecified atom stereocenters. The minimum absolute atomic E-state index is 0.295. The van der Waals surface area contributed by atoms with Crippen molar-refractivity contribution >= 4 is 0 Å². The highest BCUT2D eigenvalue weighted by Gasteiger charge is 2.11. The number of nitrogens with one attached hydrogen (secondary N) is 1. The number of hydrogen-bond donors (Lipinski definition) is 1. The van der Waals surface area contributed by atoms with Gasteiger partial charge in [-0.05, 0) is 20.9 Å². The van der Waals surface area contributed by atoms with Crippen LogP contribution in [0.5, 0.6) is 0 Å². The zero-order valence-electron chi connectivity index (χ0n) is 10.3. The first-order valence-electron chi connectivity index (χ1n) is 5.62. The van der Waals surface area contributed by atoms with Crippen molar-refractivity contribution in [3.63, 3.8) is 0 Å². The second-order valence-electron chi connectivity index (χ2n) is 4.08. The molecule has 92 valence electrons. The van der Waals surface area contributed by atoms with Crippen molar-refractivity contribution in [2.45, 2.75) is 33.0 Å². The summed E-state index contributed by atoms with van der Waals surface area (Å²) in [5, 5.41) is 11.5. The first-order valence-corrected chi connectivity index (χ1v) is 5.62. The minimum Gasteiger partial charge on any atom is -0.313 e. The molecule has 2 rings (SSSR count). The third-order valence-corrected chi connectivity index (χ3v) is 2.46. The van der Waals surface area contributed by atoms with Crippen molar-refractivity contribution in [2.24, 2.45) is 0 Å². The summed E-state index contributed by atoms with van der Waals surface area (Å²) in [7, 11) is 1.88. The minimum atomic E-state index is 0.295. The molecule has 0 aliphatic carbocycles. The molecule has 17 heavy (non-hydrogen) atoms. The van der Waals surface area contributed by atoms with Gasteiger partial charge in [-0.15, -0.1) is 0 Å². The summed E-state index contributed by atoms with van der Waals surface area (Å²) in [6.45, 7) is 5.44. The number of aromatic nitrogens is 6. The van der Waals surface area contributed by atoms with Crippen LogP contribution in [0.4, 0.5) is 0 Å². The molecule has 2 heterocycles. The molecule has 0 aromatic carbocycles. The van der Waals surface area contributed by atoms with Crippen molar-refractivity contribution in [3.05, 3.63) is 24.3 Å². The third kappa shape index (κ3) is 2.50. The van der Waals surface area contributed by atoms with Crippen LogP contribution < -0.4 is 5.32 Å². The van der Waals surface area contributed by atoms with Gasteiger partial charge in [-0.2, -0.15) is 10.2 Å². The average molecular weight is 235 g/mol. The normalized spacial score (nSPS) is 11.3. The highest BCUT2D eigenvalue weighted by atomic mass is 15.4. The Morgan fingerprint density at radius 1 is 1.18 bits per heavy atom. The van der Waals surface area contributed by atoms with Crippen LogP contribution in [-0.4, -0.2) is 36.6 Å². The molecule has 0 amide bonds. The van der Waals surface area contributed by atoms with Gasteiger partial charge in [-0.25, -0.2) is 19.3 Å². The first-order chi connectivity index (χ1) is 8.22. The summed E-state index contributed by atoms with van der Waals surface area (Å²) in [6, 6.07) is 0.295. The lowest BCUT2D eigenvalue weighted by atomic mass is 10.4. The van der Waals surface area contributed by atoms with Gasteiger partial charge in [-0.3, -0.25) is 0 Å². The van der Waals surface area contributed by atoms with Crippen LogP contribution in [0, 0.1) is 0 Å². The van der Waals surface area contributed by atoms with E-state index in [2.05, 4.69) is 39.3 Å². The van der Waals surface area contributed by atoms with E-state index < -0.39 is 0 Å². The van der Waals surface area contributed by atoms with Crippen LogP contribution in [0.3, 0.4) is 0 Å². The molecule has 0 spiro atoms. The molecule has 0 atom stereocenters. The molecule has 7 nitrogen and oxygen atoms in total. The van der Waals surface area contributed by atoms with Crippen molar-refractivity contribution in [3.8, 4) is 0 Å². The first kappa shape index (κ1) is 11.7. The number of nitrogens with zero attached hydrogens (tertiary/aromatic N) is 6. The Kier molecular flexibility index (Phi) is 3.48. The summed E-state index contributed by atoms with van der Waals surface area (Å²) in [4.78, 5) is 8.45. The topological polar surface area (TPSA) is 73.5 Å². The maximum atomic E-state index is 4.26. The molecule has 0 saturated carbocycles. The highest BCUT2D eigenvalue weighted by molar-refractivity contribution is 4.92. The van der Waals surface area contributed by atoms with Crippen molar-refractivity contribution in [2.75, 3.05) is 7.05 Å². The van der Waals surface area contributed by atoms with Crippen molar-refractivity contribution in [1.82, 2.24) is 34.8 Å². The van der Waals surface area contributed by atoms with Crippen LogP contribution in [0.2, 0.25) is 0 Å². The molecule has 1 N–H and O–H groups in total. The summed E-state index contributed by atoms with van der Waals surface area (Å²) in [5.41, 5.74) is 0. The van der Waals surface area contributed by atoms with Crippen LogP contribution >= 0.6 is 0 Å². The Morgan fingerprint density at radius 2 is 1.88 bits per heavy atom. The van der Waals surface area contributed by atoms with Gasteiger partial charge in [0.1, 0.15) is 30.8 Å². The zero-order valence-corrected chi connectivity index (χ0v) is 10.3. The van der Waals surface area contributed by atoms with Gasteiger partial charge < -0.3 is 5.32 Å². The van der Waals surface area contributed by atoms with Gasteiger partial charge in [0.25, 0.3) is 0 Å². The Hall–Kier alpha value is -1.76. The lowest BCUT2D eigenvalue weighted by Gasteiger charge is -2.10. The Labute approximate surface area is 99.9 Å². The highest BCUT2D eigenvalue weighted by Crippen LogP contribution is 2.07. The SMILES string of the molecule is CNCc1ncnn1Cc1ncnn1C(C)C. The Balaban J connectivity index is 2.19. The smallest absolute Gasteiger partial charge is 0.148 e. The monoisotopic (exact) mass is 235 g/mol. The zero-order chi connectivity index (χ0) is 12.3. The lowest BCUT2D eigenvalue weighted by molar-refractivity contribution is 0.481. The predicted octanol–water partition coefficient (Wildman–Crippen LogP) is 0.218. The maximum Gasteiger partial charge on any atom is 0.148 e. The van der Waals surface area contributed by atoms with Crippen LogP contribution in [0.25, 0.3) is 0 Å². The second-order valence-corrected chi connectivity index (χ2v) is 4.08. The van der Waals surface area contributed by atoms with Gasteiger partial charge in [-0.1, -0.05) is 0 Å². The van der Waals surface area contributed by atoms with Crippen LogP contribution in [0.1, 0.15) is 31.5 Å². The van der Waals surface area contributed by atoms with Gasteiger partial charge in [0.15, 0.2) is 0 Å². The Bertz CT molecular complexity index is 470. The largest absolute Gasteiger partial charge is 0.313 e. The summed E-state index contributed by atoms with van der Waals surface area (Å²) >= 11 is 0. The molecule has 7 heteroatoms. The summed E-state index contributed by atoms with van der Waals surface area (Å²) in [6.07, 6.45) is 3.13. The van der Waals surface area contributed by atoms with Crippen molar-refractivity contribution in [1.29, 1.82) is 0 Å². The second kappa shape index (κ2) is 5.05. The lowest BCUT2D eigenvalue weighted by Crippen LogP contribution is -2.17. The molecular formula is C10H17N7. The van der Waals surface area contributed by atoms with E-state index in [0.29, 0.717) is 19.1 Å². The summed E-state index contributed by atoms with van der Waals surface area (Å²) in [5.74, 6) is 1.79. The summed E-state index contributed by atoms with van der Waals surface area (Å²) < 4.78 is 3.73. The van der Waals surface area contributed by atoms with E-state index in [0.717, 1.165) is 11.6 Å². The van der Waals surface area contributed by atoms with E-state index >= 15 is 0 Å². The van der Waals surface area contributed by atoms with Gasteiger partial charge in [0, 0.05) is 6.04 Å². The van der Waals surface area contributed by atoms with E-state index in [9.17, 15) is 0 Å². The number of hydrogen-bond acceptors (Lipinski definition) is 5. The van der Waals surface area contributed by atoms with Gasteiger partial charge >= 0.3 is 0 Å². The average Bonchev–Trinajstić information content (AvgIpc) is 2.89. The van der Waals surface area contributed by atoms with E-state index in [1.165, 1.54) is 0 Å². The molecule has 0 aliphatic rings. The van der Waals surface area contributed by atoms with Crippen molar-refractivity contribution < 1.29 is 0 Å². The molecule has 0 aliphatic heterocycles. The van der Waals surface area contributed by atoms with Gasteiger partial charge in [0.2, 0.25) is 0 Å². The maximum absolute atomic E-state index is 4.26. The fraction of sp³-hybridized carbons (Fsp3) is 0.600. The third-order valence-electron chi connectivity index (χ3n) is 2.46. The number of rotatable bonds is 5. The molecule has 0 saturated heterocycles. The molecular weight excluding hydrogens is 218 g/mol. The van der Waals surface area contributed by atoms with E-state index in [1.54, 1.807) is 12.7 Å². The van der Waals surface area contributed by atoms with E-state index in [1.807, 2.05) is 16.4 Å². The molecule has 0 fully saturated rings.